The number of nitrogens with one attached hydrogen (secondary N) is 1. The van der Waals surface area contributed by atoms with Crippen molar-refractivity contribution in [3.8, 4) is 0 Å². The molecule has 5 atom stereocenters. The van der Waals surface area contributed by atoms with Crippen molar-refractivity contribution in [3.63, 3.8) is 0 Å². The van der Waals surface area contributed by atoms with Crippen LogP contribution in [-0.2, 0) is 14.4 Å². The lowest BCUT2D eigenvalue weighted by molar-refractivity contribution is -0.880. The van der Waals surface area contributed by atoms with Crippen LogP contribution < -0.4 is 11.1 Å². The number of aldehydes is 1. The molecule has 0 aromatic heterocycles. The number of primary amides is 1. The first-order valence-corrected chi connectivity index (χ1v) is 8.70. The van der Waals surface area contributed by atoms with Gasteiger partial charge in [0, 0.05) is 17.8 Å². The Bertz CT molecular complexity index is 467. The van der Waals surface area contributed by atoms with Crippen molar-refractivity contribution in [1.29, 1.82) is 0 Å². The van der Waals surface area contributed by atoms with E-state index < -0.39 is 29.9 Å². The molecule has 0 spiro atoms. The van der Waals surface area contributed by atoms with Crippen LogP contribution in [0.15, 0.2) is 0 Å². The highest BCUT2D eigenvalue weighted by Gasteiger charge is 2.43. The highest BCUT2D eigenvalue weighted by molar-refractivity contribution is 5.88. The zero-order valence-corrected chi connectivity index (χ0v) is 15.2. The van der Waals surface area contributed by atoms with Gasteiger partial charge in [-0.2, -0.15) is 0 Å². The molecule has 1 heterocycles. The molecule has 7 heteroatoms. The van der Waals surface area contributed by atoms with Gasteiger partial charge in [-0.3, -0.25) is 14.4 Å². The van der Waals surface area contributed by atoms with Gasteiger partial charge in [-0.1, -0.05) is 13.8 Å². The zero-order valence-electron chi connectivity index (χ0n) is 15.2. The first kappa shape index (κ1) is 20.6. The summed E-state index contributed by atoms with van der Waals surface area (Å²) in [5, 5.41) is 11.7. The molecule has 1 aliphatic heterocycles. The second-order valence-electron chi connectivity index (χ2n) is 7.58. The van der Waals surface area contributed by atoms with Crippen LogP contribution in [0.5, 0.6) is 0 Å². The highest BCUT2D eigenvalue weighted by Crippen LogP contribution is 2.36. The Morgan fingerprint density at radius 2 is 1.83 bits per heavy atom. The molecule has 1 rings (SSSR count). The van der Waals surface area contributed by atoms with E-state index in [2.05, 4.69) is 26.3 Å². The predicted octanol–water partition coefficient (Wildman–Crippen LogP) is -0.130. The van der Waals surface area contributed by atoms with E-state index in [9.17, 15) is 19.5 Å². The Balaban J connectivity index is 2.98. The topological polar surface area (TPSA) is 109 Å². The van der Waals surface area contributed by atoms with Gasteiger partial charge >= 0.3 is 0 Å². The number of hydrogen-bond acceptors (Lipinski definition) is 4. The minimum atomic E-state index is -1.55. The van der Waals surface area contributed by atoms with Crippen molar-refractivity contribution < 1.29 is 24.0 Å². The molecule has 2 amide bonds. The van der Waals surface area contributed by atoms with E-state index >= 15 is 0 Å². The molecule has 0 radical (unpaired) electrons. The molecular weight excluding hydrogens is 310 g/mol. The highest BCUT2D eigenvalue weighted by atomic mass is 16.3. The van der Waals surface area contributed by atoms with Crippen LogP contribution in [0.2, 0.25) is 0 Å². The van der Waals surface area contributed by atoms with Gasteiger partial charge in [0.05, 0.1) is 33.1 Å². The number of amides is 2. The number of quaternary nitrogens is 1. The van der Waals surface area contributed by atoms with E-state index in [1.54, 1.807) is 0 Å². The third-order valence-corrected chi connectivity index (χ3v) is 5.25. The summed E-state index contributed by atoms with van der Waals surface area (Å²) in [6, 6.07) is 0. The summed E-state index contributed by atoms with van der Waals surface area (Å²) in [7, 11) is 4.33. The number of nitrogens with zero attached hydrogens (tertiary/aromatic N) is 1. The summed E-state index contributed by atoms with van der Waals surface area (Å²) < 4.78 is 0.891. The summed E-state index contributed by atoms with van der Waals surface area (Å²) in [6.07, 6.45) is 0.712. The van der Waals surface area contributed by atoms with Crippen molar-refractivity contribution in [2.24, 2.45) is 29.4 Å². The first-order chi connectivity index (χ1) is 11.1. The van der Waals surface area contributed by atoms with E-state index in [-0.39, 0.29) is 6.29 Å². The fourth-order valence-corrected chi connectivity index (χ4v) is 4.12. The summed E-state index contributed by atoms with van der Waals surface area (Å²) in [5.41, 5.74) is 5.49. The third kappa shape index (κ3) is 5.27. The van der Waals surface area contributed by atoms with Gasteiger partial charge in [0.15, 0.2) is 12.5 Å². The second-order valence-corrected chi connectivity index (χ2v) is 7.58. The number of carbonyl (C=O) groups is 3. The van der Waals surface area contributed by atoms with Gasteiger partial charge in [-0.25, -0.2) is 0 Å². The predicted molar refractivity (Wildman–Crippen MR) is 90.4 cm³/mol. The quantitative estimate of drug-likeness (QED) is 0.308. The van der Waals surface area contributed by atoms with E-state index in [1.807, 2.05) is 6.92 Å². The molecule has 0 bridgehead atoms. The molecule has 7 nitrogen and oxygen atoms in total. The van der Waals surface area contributed by atoms with Crippen molar-refractivity contribution in [3.05, 3.63) is 0 Å². The lowest BCUT2D eigenvalue weighted by Crippen LogP contribution is -2.46. The van der Waals surface area contributed by atoms with Crippen LogP contribution in [0, 0.1) is 23.7 Å². The Labute approximate surface area is 144 Å². The smallest absolute Gasteiger partial charge is 0.226 e. The molecule has 0 aromatic rings. The molecule has 0 saturated carbocycles. The number of nitrogens with two attached hydrogens (primary N) is 1. The van der Waals surface area contributed by atoms with Crippen LogP contribution in [0.25, 0.3) is 0 Å². The summed E-state index contributed by atoms with van der Waals surface area (Å²) in [6.45, 7) is 5.94. The number of likely N-dealkylation sites (tertiary alicyclic amines) is 1. The minimum absolute atomic E-state index is 0.255. The Morgan fingerprint density at radius 1 is 1.25 bits per heavy atom. The van der Waals surface area contributed by atoms with Gasteiger partial charge in [-0.15, -0.1) is 0 Å². The largest absolute Gasteiger partial charge is 0.369 e. The van der Waals surface area contributed by atoms with Gasteiger partial charge in [0.2, 0.25) is 11.8 Å². The monoisotopic (exact) mass is 342 g/mol. The van der Waals surface area contributed by atoms with Crippen molar-refractivity contribution in [2.45, 2.75) is 39.3 Å². The number of aliphatic hydroxyl groups is 1. The van der Waals surface area contributed by atoms with Crippen molar-refractivity contribution in [1.82, 2.24) is 5.32 Å². The van der Waals surface area contributed by atoms with Crippen LogP contribution in [0.1, 0.15) is 33.1 Å². The third-order valence-electron chi connectivity index (χ3n) is 5.25. The maximum absolute atomic E-state index is 12.5. The van der Waals surface area contributed by atoms with Crippen LogP contribution in [0.3, 0.4) is 0 Å². The second kappa shape index (κ2) is 8.58. The standard InChI is InChI=1S/C17H31N3O4/c1-5-11-8-20(3,4)9-12(11)7-14(13(6-2)16(18)23)17(24)19-15(22)10-21/h10-15,22H,5-9H2,1-4H3,(H2-,18,19,23,24)/p+1. The van der Waals surface area contributed by atoms with Crippen LogP contribution in [-0.4, -0.2) is 61.1 Å². The molecule has 0 aliphatic carbocycles. The molecule has 138 valence electrons. The Morgan fingerprint density at radius 3 is 2.29 bits per heavy atom. The first-order valence-electron chi connectivity index (χ1n) is 8.70. The SMILES string of the molecule is CCC1C[N+](C)(C)CC1CC(C(=O)NC(O)C=O)C(CC)C(N)=O. The summed E-state index contributed by atoms with van der Waals surface area (Å²) >= 11 is 0. The Kier molecular flexibility index (Phi) is 7.35. The van der Waals surface area contributed by atoms with E-state index in [1.165, 1.54) is 0 Å². The molecule has 1 fully saturated rings. The maximum Gasteiger partial charge on any atom is 0.226 e. The number of carbonyl (C=O) groups excluding carboxylic acids is 3. The number of hydrogen-bond donors (Lipinski definition) is 3. The lowest BCUT2D eigenvalue weighted by atomic mass is 9.78. The van der Waals surface area contributed by atoms with Crippen LogP contribution >= 0.6 is 0 Å². The molecule has 0 aromatic carbocycles. The molecule has 4 N–H and O–H groups in total. The molecule has 1 aliphatic rings. The Hall–Kier alpha value is -1.47. The van der Waals surface area contributed by atoms with Gasteiger partial charge in [-0.05, 0) is 19.3 Å². The minimum Gasteiger partial charge on any atom is -0.369 e. The van der Waals surface area contributed by atoms with Crippen LogP contribution in [0.4, 0.5) is 0 Å². The fourth-order valence-electron chi connectivity index (χ4n) is 4.12. The molecule has 5 unspecified atom stereocenters. The zero-order chi connectivity index (χ0) is 18.5. The summed E-state index contributed by atoms with van der Waals surface area (Å²) in [5.74, 6) is -1.43. The normalized spacial score (nSPS) is 26.4. The fraction of sp³-hybridized carbons (Fsp3) is 0.824. The van der Waals surface area contributed by atoms with Crippen molar-refractivity contribution >= 4 is 18.1 Å². The number of rotatable bonds is 9. The number of aliphatic hydroxyl groups excluding tert-OH is 1. The maximum atomic E-state index is 12.5. The average molecular weight is 342 g/mol. The van der Waals surface area contributed by atoms with E-state index in [0.29, 0.717) is 24.7 Å². The lowest BCUT2D eigenvalue weighted by Gasteiger charge is -2.27. The van der Waals surface area contributed by atoms with E-state index in [4.69, 9.17) is 5.73 Å². The van der Waals surface area contributed by atoms with Crippen molar-refractivity contribution in [2.75, 3.05) is 27.2 Å². The molecule has 24 heavy (non-hydrogen) atoms. The van der Waals surface area contributed by atoms with Gasteiger partial charge in [0.1, 0.15) is 0 Å². The average Bonchev–Trinajstić information content (AvgIpc) is 2.80. The van der Waals surface area contributed by atoms with Gasteiger partial charge in [0.25, 0.3) is 0 Å². The van der Waals surface area contributed by atoms with Gasteiger partial charge < -0.3 is 20.6 Å². The van der Waals surface area contributed by atoms with E-state index in [0.717, 1.165) is 24.0 Å². The molecule has 1 saturated heterocycles. The molecular formula is C17H32N3O4+. The summed E-state index contributed by atoms with van der Waals surface area (Å²) in [4.78, 5) is 34.9.